The van der Waals surface area contributed by atoms with E-state index in [4.69, 9.17) is 0 Å². The Balaban J connectivity index is 1.77. The van der Waals surface area contributed by atoms with Gasteiger partial charge in [-0.05, 0) is 56.0 Å². The molecule has 3 N–H and O–H groups in total. The topological polar surface area (TPSA) is 78.4 Å². The molecule has 0 aliphatic heterocycles. The molecule has 31 heavy (non-hydrogen) atoms. The van der Waals surface area contributed by atoms with Gasteiger partial charge in [-0.15, -0.1) is 0 Å². The third kappa shape index (κ3) is 5.19. The Morgan fingerprint density at radius 3 is 2.19 bits per heavy atom. The predicted octanol–water partition coefficient (Wildman–Crippen LogP) is 3.87. The van der Waals surface area contributed by atoms with E-state index < -0.39 is 58.5 Å². The smallest absolute Gasteiger partial charge is 0.352 e. The fourth-order valence-electron chi connectivity index (χ4n) is 3.30. The molecule has 0 aromatic heterocycles. The molecule has 2 aromatic carbocycles. The number of carbonyl (C=O) groups excluding carboxylic acids is 2. The number of amides is 2. The molecule has 1 aliphatic carbocycles. The van der Waals surface area contributed by atoms with E-state index in [1.54, 1.807) is 0 Å². The molecule has 3 rings (SSSR count). The van der Waals surface area contributed by atoms with Crippen LogP contribution in [0.15, 0.2) is 36.4 Å². The fraction of sp³-hybridized carbons (Fsp3) is 0.333. The van der Waals surface area contributed by atoms with Crippen LogP contribution in [0.5, 0.6) is 0 Å². The van der Waals surface area contributed by atoms with Crippen molar-refractivity contribution in [3.8, 4) is 0 Å². The minimum atomic E-state index is -4.27. The van der Waals surface area contributed by atoms with Crippen molar-refractivity contribution < 1.29 is 36.6 Å². The number of hydrogen-bond acceptors (Lipinski definition) is 3. The molecule has 1 fully saturated rings. The average molecular weight is 442 g/mol. The normalized spacial score (nSPS) is 19.0. The molecule has 0 radical (unpaired) electrons. The lowest BCUT2D eigenvalue weighted by molar-refractivity contribution is -0.148. The number of halogens is 5. The lowest BCUT2D eigenvalue weighted by Gasteiger charge is -2.28. The molecule has 10 heteroatoms. The van der Waals surface area contributed by atoms with E-state index in [2.05, 4.69) is 10.6 Å². The van der Waals surface area contributed by atoms with Crippen molar-refractivity contribution in [2.24, 2.45) is 0 Å². The standard InChI is InChI=1S/C21H19F5N2O3/c22-16-7-1-11(19(30)27-13-4-8-17(23)18(24)10-13)9-15(16)21(25,26)20(31)28-12-2-5-14(29)6-3-12/h1,4,7-10,12,14,29H,2-3,5-6H2,(H,27,30)(H,28,31). The number of aliphatic hydroxyl groups excluding tert-OH is 1. The second kappa shape index (κ2) is 9.01. The minimum Gasteiger partial charge on any atom is -0.393 e. The number of carbonyl (C=O) groups is 2. The number of aliphatic hydroxyl groups is 1. The summed E-state index contributed by atoms with van der Waals surface area (Å²) in [5.74, 6) is -10.7. The number of anilines is 1. The molecule has 0 heterocycles. The first-order chi connectivity index (χ1) is 14.6. The maximum atomic E-state index is 14.7. The van der Waals surface area contributed by atoms with Gasteiger partial charge in [0.1, 0.15) is 5.82 Å². The second-order valence-electron chi connectivity index (χ2n) is 7.33. The summed E-state index contributed by atoms with van der Waals surface area (Å²) in [5, 5.41) is 13.8. The lowest BCUT2D eigenvalue weighted by Crippen LogP contribution is -2.46. The van der Waals surface area contributed by atoms with E-state index in [-0.39, 0.29) is 5.69 Å². The summed E-state index contributed by atoms with van der Waals surface area (Å²) in [4.78, 5) is 24.4. The molecular formula is C21H19F5N2O3. The first-order valence-electron chi connectivity index (χ1n) is 9.51. The van der Waals surface area contributed by atoms with Crippen molar-refractivity contribution >= 4 is 17.5 Å². The molecule has 0 atom stereocenters. The Morgan fingerprint density at radius 1 is 0.903 bits per heavy atom. The largest absolute Gasteiger partial charge is 0.393 e. The van der Waals surface area contributed by atoms with Crippen molar-refractivity contribution in [2.75, 3.05) is 5.32 Å². The van der Waals surface area contributed by atoms with E-state index in [0.29, 0.717) is 43.9 Å². The number of benzene rings is 2. The van der Waals surface area contributed by atoms with E-state index in [1.165, 1.54) is 0 Å². The highest BCUT2D eigenvalue weighted by molar-refractivity contribution is 6.04. The Morgan fingerprint density at radius 2 is 1.55 bits per heavy atom. The van der Waals surface area contributed by atoms with Crippen LogP contribution in [0.4, 0.5) is 27.6 Å². The third-order valence-corrected chi connectivity index (χ3v) is 5.06. The summed E-state index contributed by atoms with van der Waals surface area (Å²) in [7, 11) is 0. The maximum Gasteiger partial charge on any atom is 0.352 e. The zero-order chi connectivity index (χ0) is 22.8. The molecule has 0 unspecified atom stereocenters. The lowest BCUT2D eigenvalue weighted by atomic mass is 9.92. The summed E-state index contributed by atoms with van der Waals surface area (Å²) in [6.45, 7) is 0. The highest BCUT2D eigenvalue weighted by Gasteiger charge is 2.44. The summed E-state index contributed by atoms with van der Waals surface area (Å²) < 4.78 is 69.8. The summed E-state index contributed by atoms with van der Waals surface area (Å²) >= 11 is 0. The molecule has 1 saturated carbocycles. The van der Waals surface area contributed by atoms with E-state index >= 15 is 0 Å². The zero-order valence-corrected chi connectivity index (χ0v) is 16.1. The zero-order valence-electron chi connectivity index (χ0n) is 16.1. The van der Waals surface area contributed by atoms with Gasteiger partial charge in [-0.2, -0.15) is 8.78 Å². The molecule has 1 aliphatic rings. The number of alkyl halides is 2. The van der Waals surface area contributed by atoms with E-state index in [0.717, 1.165) is 18.2 Å². The van der Waals surface area contributed by atoms with Gasteiger partial charge in [0.25, 0.3) is 11.8 Å². The minimum absolute atomic E-state index is 0.140. The van der Waals surface area contributed by atoms with Crippen LogP contribution in [-0.2, 0) is 10.7 Å². The van der Waals surface area contributed by atoms with Gasteiger partial charge in [0, 0.05) is 23.4 Å². The Hall–Kier alpha value is -3.01. The first kappa shape index (κ1) is 22.7. The first-order valence-corrected chi connectivity index (χ1v) is 9.51. The van der Waals surface area contributed by atoms with Crippen LogP contribution >= 0.6 is 0 Å². The van der Waals surface area contributed by atoms with Gasteiger partial charge in [-0.1, -0.05) is 0 Å². The molecule has 2 amide bonds. The molecule has 0 spiro atoms. The molecule has 166 valence electrons. The van der Waals surface area contributed by atoms with Crippen LogP contribution < -0.4 is 10.6 Å². The molecular weight excluding hydrogens is 423 g/mol. The van der Waals surface area contributed by atoms with Crippen molar-refractivity contribution in [1.29, 1.82) is 0 Å². The number of rotatable bonds is 5. The van der Waals surface area contributed by atoms with Crippen LogP contribution in [-0.4, -0.2) is 29.1 Å². The van der Waals surface area contributed by atoms with Gasteiger partial charge in [-0.3, -0.25) is 9.59 Å². The quantitative estimate of drug-likeness (QED) is 0.616. The van der Waals surface area contributed by atoms with Gasteiger partial charge in [-0.25, -0.2) is 13.2 Å². The van der Waals surface area contributed by atoms with Crippen LogP contribution in [0, 0.1) is 17.5 Å². The Kier molecular flexibility index (Phi) is 6.59. The van der Waals surface area contributed by atoms with Gasteiger partial charge < -0.3 is 15.7 Å². The number of nitrogens with one attached hydrogen (secondary N) is 2. The monoisotopic (exact) mass is 442 g/mol. The number of hydrogen-bond donors (Lipinski definition) is 3. The highest BCUT2D eigenvalue weighted by Crippen LogP contribution is 2.32. The third-order valence-electron chi connectivity index (χ3n) is 5.06. The van der Waals surface area contributed by atoms with Crippen LogP contribution in [0.2, 0.25) is 0 Å². The van der Waals surface area contributed by atoms with Crippen molar-refractivity contribution in [1.82, 2.24) is 5.32 Å². The second-order valence-corrected chi connectivity index (χ2v) is 7.33. The van der Waals surface area contributed by atoms with Gasteiger partial charge in [0.15, 0.2) is 11.6 Å². The Bertz CT molecular complexity index is 991. The molecule has 2 aromatic rings. The molecule has 0 saturated heterocycles. The van der Waals surface area contributed by atoms with Crippen LogP contribution in [0.25, 0.3) is 0 Å². The summed E-state index contributed by atoms with van der Waals surface area (Å²) in [5.41, 5.74) is -1.84. The van der Waals surface area contributed by atoms with Gasteiger partial charge in [0.2, 0.25) is 0 Å². The average Bonchev–Trinajstić information content (AvgIpc) is 2.72. The summed E-state index contributed by atoms with van der Waals surface area (Å²) in [6, 6.07) is 4.02. The van der Waals surface area contributed by atoms with Crippen molar-refractivity contribution in [3.05, 3.63) is 65.0 Å². The Labute approximate surface area is 174 Å². The van der Waals surface area contributed by atoms with Gasteiger partial charge in [0.05, 0.1) is 11.7 Å². The summed E-state index contributed by atoms with van der Waals surface area (Å²) in [6.07, 6.45) is 0.773. The van der Waals surface area contributed by atoms with Crippen molar-refractivity contribution in [2.45, 2.75) is 43.8 Å². The molecule has 5 nitrogen and oxygen atoms in total. The molecule has 0 bridgehead atoms. The maximum absolute atomic E-state index is 14.7. The fourth-order valence-corrected chi connectivity index (χ4v) is 3.30. The highest BCUT2D eigenvalue weighted by atomic mass is 19.3. The predicted molar refractivity (Wildman–Crippen MR) is 101 cm³/mol. The van der Waals surface area contributed by atoms with Crippen LogP contribution in [0.1, 0.15) is 41.6 Å². The van der Waals surface area contributed by atoms with Crippen LogP contribution in [0.3, 0.4) is 0 Å². The van der Waals surface area contributed by atoms with E-state index in [1.807, 2.05) is 0 Å². The SMILES string of the molecule is O=C(Nc1ccc(F)c(F)c1)c1ccc(F)c(C(F)(F)C(=O)NC2CCC(O)CC2)c1. The van der Waals surface area contributed by atoms with Crippen molar-refractivity contribution in [3.63, 3.8) is 0 Å². The van der Waals surface area contributed by atoms with E-state index in [9.17, 15) is 36.6 Å². The van der Waals surface area contributed by atoms with Gasteiger partial charge >= 0.3 is 5.92 Å².